The lowest BCUT2D eigenvalue weighted by Crippen LogP contribution is -2.37. The molecule has 0 aromatic heterocycles. The van der Waals surface area contributed by atoms with Gasteiger partial charge in [-0.2, -0.15) is 0 Å². The number of rotatable bonds is 6. The first kappa shape index (κ1) is 17.0. The number of nitrogens with zero attached hydrogens (tertiary/aromatic N) is 1. The molecule has 1 fully saturated rings. The molecule has 3 nitrogen and oxygen atoms in total. The van der Waals surface area contributed by atoms with Gasteiger partial charge in [0.25, 0.3) is 0 Å². The number of nitrogens with two attached hydrogens (primary N) is 1. The van der Waals surface area contributed by atoms with Gasteiger partial charge in [0.15, 0.2) is 0 Å². The van der Waals surface area contributed by atoms with Crippen molar-refractivity contribution in [3.05, 3.63) is 65.2 Å². The maximum absolute atomic E-state index is 6.08. The van der Waals surface area contributed by atoms with Gasteiger partial charge >= 0.3 is 0 Å². The van der Waals surface area contributed by atoms with Crippen molar-refractivity contribution in [1.29, 1.82) is 0 Å². The lowest BCUT2D eigenvalue weighted by Gasteiger charge is -2.34. The highest BCUT2D eigenvalue weighted by atomic mass is 16.5. The molecule has 2 aromatic rings. The first-order valence-electron chi connectivity index (χ1n) is 8.98. The minimum atomic E-state index is 0.299. The standard InChI is InChI=1S/C21H28N2O/c1-17-7-5-8-18(13-17)16-24-20-10-6-9-19(14-20)21(15-22)23-11-3-2-4-12-23/h5-10,13-14,21H,2-4,11-12,15-16,22H2,1H3. The van der Waals surface area contributed by atoms with Crippen molar-refractivity contribution in [1.82, 2.24) is 4.90 Å². The minimum absolute atomic E-state index is 0.299. The van der Waals surface area contributed by atoms with Gasteiger partial charge in [-0.25, -0.2) is 0 Å². The number of aryl methyl sites for hydroxylation is 1. The summed E-state index contributed by atoms with van der Waals surface area (Å²) < 4.78 is 6.01. The topological polar surface area (TPSA) is 38.5 Å². The van der Waals surface area contributed by atoms with E-state index in [1.165, 1.54) is 36.0 Å². The van der Waals surface area contributed by atoms with E-state index in [1.807, 2.05) is 6.07 Å². The SMILES string of the molecule is Cc1cccc(COc2cccc(C(CN)N3CCCCC3)c2)c1. The monoisotopic (exact) mass is 324 g/mol. The second-order valence-electron chi connectivity index (χ2n) is 6.70. The largest absolute Gasteiger partial charge is 0.489 e. The van der Waals surface area contributed by atoms with Crippen LogP contribution in [0.15, 0.2) is 48.5 Å². The third-order valence-electron chi connectivity index (χ3n) is 4.79. The van der Waals surface area contributed by atoms with Crippen molar-refractivity contribution < 1.29 is 4.74 Å². The number of ether oxygens (including phenoxy) is 1. The molecule has 1 atom stereocenters. The fourth-order valence-electron chi connectivity index (χ4n) is 3.51. The Labute approximate surface area is 145 Å². The normalized spacial score (nSPS) is 16.8. The quantitative estimate of drug-likeness (QED) is 0.871. The lowest BCUT2D eigenvalue weighted by molar-refractivity contribution is 0.167. The van der Waals surface area contributed by atoms with Crippen molar-refractivity contribution in [2.45, 2.75) is 38.8 Å². The molecule has 0 aliphatic carbocycles. The fraction of sp³-hybridized carbons (Fsp3) is 0.429. The Bertz CT molecular complexity index is 650. The molecular formula is C21H28N2O. The van der Waals surface area contributed by atoms with Crippen molar-refractivity contribution >= 4 is 0 Å². The van der Waals surface area contributed by atoms with Gasteiger partial charge in [-0.05, 0) is 56.1 Å². The number of hydrogen-bond acceptors (Lipinski definition) is 3. The van der Waals surface area contributed by atoms with Gasteiger partial charge in [0.2, 0.25) is 0 Å². The number of likely N-dealkylation sites (tertiary alicyclic amines) is 1. The van der Waals surface area contributed by atoms with E-state index in [9.17, 15) is 0 Å². The van der Waals surface area contributed by atoms with Gasteiger partial charge in [-0.15, -0.1) is 0 Å². The van der Waals surface area contributed by atoms with Crippen LogP contribution in [0.1, 0.15) is 42.0 Å². The minimum Gasteiger partial charge on any atom is -0.489 e. The molecule has 1 saturated heterocycles. The summed E-state index contributed by atoms with van der Waals surface area (Å²) in [6, 6.07) is 17.2. The zero-order valence-electron chi connectivity index (χ0n) is 14.6. The van der Waals surface area contributed by atoms with Crippen LogP contribution in [0.3, 0.4) is 0 Å². The van der Waals surface area contributed by atoms with Gasteiger partial charge in [0.05, 0.1) is 0 Å². The Morgan fingerprint density at radius 3 is 2.58 bits per heavy atom. The molecule has 0 spiro atoms. The Morgan fingerprint density at radius 1 is 1.04 bits per heavy atom. The van der Waals surface area contributed by atoms with Crippen LogP contribution in [0.4, 0.5) is 0 Å². The highest BCUT2D eigenvalue weighted by Crippen LogP contribution is 2.26. The number of benzene rings is 2. The van der Waals surface area contributed by atoms with Crippen molar-refractivity contribution in [3.8, 4) is 5.75 Å². The van der Waals surface area contributed by atoms with E-state index in [0.717, 1.165) is 18.8 Å². The molecule has 0 bridgehead atoms. The maximum Gasteiger partial charge on any atom is 0.120 e. The highest BCUT2D eigenvalue weighted by molar-refractivity contribution is 5.31. The van der Waals surface area contributed by atoms with Crippen LogP contribution in [0, 0.1) is 6.92 Å². The molecular weight excluding hydrogens is 296 g/mol. The van der Waals surface area contributed by atoms with Crippen LogP contribution in [0.5, 0.6) is 5.75 Å². The summed E-state index contributed by atoms with van der Waals surface area (Å²) in [5.41, 5.74) is 9.81. The van der Waals surface area contributed by atoms with Gasteiger partial charge < -0.3 is 10.5 Å². The summed E-state index contributed by atoms with van der Waals surface area (Å²) in [7, 11) is 0. The van der Waals surface area contributed by atoms with Crippen LogP contribution in [-0.4, -0.2) is 24.5 Å². The zero-order chi connectivity index (χ0) is 16.8. The Kier molecular flexibility index (Phi) is 5.89. The van der Waals surface area contributed by atoms with E-state index in [4.69, 9.17) is 10.5 Å². The van der Waals surface area contributed by atoms with Gasteiger partial charge in [0, 0.05) is 12.6 Å². The highest BCUT2D eigenvalue weighted by Gasteiger charge is 2.21. The van der Waals surface area contributed by atoms with Crippen LogP contribution >= 0.6 is 0 Å². The van der Waals surface area contributed by atoms with E-state index in [-0.39, 0.29) is 0 Å². The Hall–Kier alpha value is -1.84. The molecule has 2 aromatic carbocycles. The Balaban J connectivity index is 1.68. The summed E-state index contributed by atoms with van der Waals surface area (Å²) in [6.45, 7) is 5.66. The van der Waals surface area contributed by atoms with Crippen LogP contribution < -0.4 is 10.5 Å². The molecule has 24 heavy (non-hydrogen) atoms. The molecule has 1 aliphatic rings. The summed E-state index contributed by atoms with van der Waals surface area (Å²) in [5, 5.41) is 0. The van der Waals surface area contributed by atoms with Gasteiger partial charge in [0.1, 0.15) is 12.4 Å². The van der Waals surface area contributed by atoms with Crippen LogP contribution in [-0.2, 0) is 6.61 Å². The van der Waals surface area contributed by atoms with E-state index in [1.54, 1.807) is 0 Å². The molecule has 1 unspecified atom stereocenters. The fourth-order valence-corrected chi connectivity index (χ4v) is 3.51. The Morgan fingerprint density at radius 2 is 1.83 bits per heavy atom. The van der Waals surface area contributed by atoms with Gasteiger partial charge in [-0.3, -0.25) is 4.90 Å². The molecule has 1 aliphatic heterocycles. The van der Waals surface area contributed by atoms with E-state index in [2.05, 4.69) is 54.3 Å². The molecule has 3 heteroatoms. The molecule has 2 N–H and O–H groups in total. The predicted octanol–water partition coefficient (Wildman–Crippen LogP) is 4.06. The van der Waals surface area contributed by atoms with E-state index < -0.39 is 0 Å². The first-order chi connectivity index (χ1) is 11.8. The summed E-state index contributed by atoms with van der Waals surface area (Å²) in [5.74, 6) is 0.921. The molecule has 3 rings (SSSR count). The molecule has 1 heterocycles. The molecule has 0 amide bonds. The van der Waals surface area contributed by atoms with Crippen molar-refractivity contribution in [3.63, 3.8) is 0 Å². The van der Waals surface area contributed by atoms with Crippen LogP contribution in [0.25, 0.3) is 0 Å². The van der Waals surface area contributed by atoms with Crippen molar-refractivity contribution in [2.24, 2.45) is 5.73 Å². The van der Waals surface area contributed by atoms with Gasteiger partial charge in [-0.1, -0.05) is 48.4 Å². The third-order valence-corrected chi connectivity index (χ3v) is 4.79. The number of hydrogen-bond donors (Lipinski definition) is 1. The zero-order valence-corrected chi connectivity index (χ0v) is 14.6. The summed E-state index contributed by atoms with van der Waals surface area (Å²) in [6.07, 6.45) is 3.90. The molecule has 128 valence electrons. The second kappa shape index (κ2) is 8.32. The second-order valence-corrected chi connectivity index (χ2v) is 6.70. The van der Waals surface area contributed by atoms with Crippen LogP contribution in [0.2, 0.25) is 0 Å². The lowest BCUT2D eigenvalue weighted by atomic mass is 10.0. The average molecular weight is 324 g/mol. The number of piperidine rings is 1. The average Bonchev–Trinajstić information content (AvgIpc) is 2.62. The molecule has 0 radical (unpaired) electrons. The van der Waals surface area contributed by atoms with E-state index in [0.29, 0.717) is 19.2 Å². The predicted molar refractivity (Wildman–Crippen MR) is 99.2 cm³/mol. The summed E-state index contributed by atoms with van der Waals surface area (Å²) >= 11 is 0. The third kappa shape index (κ3) is 4.37. The van der Waals surface area contributed by atoms with E-state index >= 15 is 0 Å². The summed E-state index contributed by atoms with van der Waals surface area (Å²) in [4.78, 5) is 2.52. The maximum atomic E-state index is 6.08. The van der Waals surface area contributed by atoms with Crippen molar-refractivity contribution in [2.75, 3.05) is 19.6 Å². The molecule has 0 saturated carbocycles. The first-order valence-corrected chi connectivity index (χ1v) is 8.98. The smallest absolute Gasteiger partial charge is 0.120 e.